The van der Waals surface area contributed by atoms with Crippen LogP contribution in [0.15, 0.2) is 48.5 Å². The fraction of sp³-hybridized carbons (Fsp3) is 0. The summed E-state index contributed by atoms with van der Waals surface area (Å²) in [4.78, 5) is 23.6. The first kappa shape index (κ1) is 16.0. The predicted octanol–water partition coefficient (Wildman–Crippen LogP) is 5.93. The molecule has 0 spiro atoms. The molecular weight excluding hydrogens is 380 g/mol. The standard InChI is InChI=1S/C17H9ClN2O3S2/c18-9-5-6-11(12(7-9)20(22)23)19-17(21)15-8-14-16(25-15)10-3-1-2-4-13(10)24-14/h1-8H,(H,19,21). The number of halogens is 1. The Labute approximate surface area is 154 Å². The van der Waals surface area contributed by atoms with Gasteiger partial charge >= 0.3 is 0 Å². The molecule has 0 atom stereocenters. The van der Waals surface area contributed by atoms with Gasteiger partial charge in [0.25, 0.3) is 11.6 Å². The van der Waals surface area contributed by atoms with Crippen LogP contribution in [0.3, 0.4) is 0 Å². The molecule has 124 valence electrons. The molecule has 0 bridgehead atoms. The van der Waals surface area contributed by atoms with E-state index in [1.165, 1.54) is 34.2 Å². The van der Waals surface area contributed by atoms with E-state index in [-0.39, 0.29) is 22.3 Å². The smallest absolute Gasteiger partial charge is 0.294 e. The normalized spacial score (nSPS) is 11.1. The molecule has 0 aliphatic carbocycles. The molecule has 0 fully saturated rings. The highest BCUT2D eigenvalue weighted by Gasteiger charge is 2.19. The summed E-state index contributed by atoms with van der Waals surface area (Å²) in [5.74, 6) is -0.372. The van der Waals surface area contributed by atoms with Crippen LogP contribution in [0, 0.1) is 10.1 Å². The summed E-state index contributed by atoms with van der Waals surface area (Å²) in [6.07, 6.45) is 0. The van der Waals surface area contributed by atoms with Crippen LogP contribution in [0.2, 0.25) is 5.02 Å². The first-order valence-electron chi connectivity index (χ1n) is 7.19. The number of thiophene rings is 2. The molecule has 5 nitrogen and oxygen atoms in total. The second-order valence-electron chi connectivity index (χ2n) is 5.27. The van der Waals surface area contributed by atoms with Gasteiger partial charge in [-0.25, -0.2) is 0 Å². The Kier molecular flexibility index (Phi) is 3.91. The van der Waals surface area contributed by atoms with Crippen molar-refractivity contribution in [2.45, 2.75) is 0 Å². The Balaban J connectivity index is 1.70. The number of fused-ring (bicyclic) bond motifs is 3. The zero-order chi connectivity index (χ0) is 17.6. The molecule has 25 heavy (non-hydrogen) atoms. The maximum absolute atomic E-state index is 12.5. The maximum Gasteiger partial charge on any atom is 0.294 e. The lowest BCUT2D eigenvalue weighted by Crippen LogP contribution is -2.11. The third-order valence-corrected chi connectivity index (χ3v) is 6.33. The van der Waals surface area contributed by atoms with E-state index in [9.17, 15) is 14.9 Å². The fourth-order valence-electron chi connectivity index (χ4n) is 2.56. The average molecular weight is 389 g/mol. The van der Waals surface area contributed by atoms with Crippen LogP contribution < -0.4 is 5.32 Å². The minimum absolute atomic E-state index is 0.126. The molecule has 0 aliphatic heterocycles. The van der Waals surface area contributed by atoms with Crippen LogP contribution >= 0.6 is 34.3 Å². The van der Waals surface area contributed by atoms with Crippen LogP contribution in [0.5, 0.6) is 0 Å². The van der Waals surface area contributed by atoms with Crippen LogP contribution in [-0.2, 0) is 0 Å². The summed E-state index contributed by atoms with van der Waals surface area (Å²) >= 11 is 8.80. The van der Waals surface area contributed by atoms with Crippen molar-refractivity contribution >= 4 is 71.0 Å². The molecular formula is C17H9ClN2O3S2. The molecule has 2 heterocycles. The van der Waals surface area contributed by atoms with Crippen molar-refractivity contribution in [2.75, 3.05) is 5.32 Å². The van der Waals surface area contributed by atoms with Crippen LogP contribution in [-0.4, -0.2) is 10.8 Å². The van der Waals surface area contributed by atoms with E-state index in [4.69, 9.17) is 11.6 Å². The lowest BCUT2D eigenvalue weighted by atomic mass is 10.2. The van der Waals surface area contributed by atoms with Gasteiger partial charge in [0.15, 0.2) is 0 Å². The second-order valence-corrected chi connectivity index (χ2v) is 7.85. The van der Waals surface area contributed by atoms with Gasteiger partial charge < -0.3 is 5.32 Å². The third kappa shape index (κ3) is 2.86. The predicted molar refractivity (Wildman–Crippen MR) is 103 cm³/mol. The molecule has 0 saturated carbocycles. The number of nitro groups is 1. The molecule has 4 rings (SSSR count). The van der Waals surface area contributed by atoms with Gasteiger partial charge in [0.2, 0.25) is 0 Å². The lowest BCUT2D eigenvalue weighted by Gasteiger charge is -2.04. The summed E-state index contributed by atoms with van der Waals surface area (Å²) in [5, 5.41) is 15.1. The Morgan fingerprint density at radius 2 is 1.88 bits per heavy atom. The number of hydrogen-bond acceptors (Lipinski definition) is 5. The topological polar surface area (TPSA) is 72.2 Å². The molecule has 0 saturated heterocycles. The van der Waals surface area contributed by atoms with Gasteiger partial charge in [0.05, 0.1) is 14.5 Å². The summed E-state index contributed by atoms with van der Waals surface area (Å²) in [6, 6.07) is 14.0. The van der Waals surface area contributed by atoms with E-state index in [0.29, 0.717) is 4.88 Å². The molecule has 0 aliphatic rings. The summed E-state index contributed by atoms with van der Waals surface area (Å²) in [6.45, 7) is 0. The minimum atomic E-state index is -0.567. The number of carbonyl (C=O) groups excluding carboxylic acids is 1. The number of nitro benzene ring substituents is 1. The fourth-order valence-corrected chi connectivity index (χ4v) is 5.14. The quantitative estimate of drug-likeness (QED) is 0.349. The Morgan fingerprint density at radius 1 is 1.08 bits per heavy atom. The molecule has 2 aromatic heterocycles. The van der Waals surface area contributed by atoms with E-state index < -0.39 is 4.92 Å². The van der Waals surface area contributed by atoms with Gasteiger partial charge in [-0.05, 0) is 24.3 Å². The van der Waals surface area contributed by atoms with Crippen molar-refractivity contribution in [2.24, 2.45) is 0 Å². The highest BCUT2D eigenvalue weighted by atomic mass is 35.5. The number of amides is 1. The van der Waals surface area contributed by atoms with Crippen molar-refractivity contribution in [1.29, 1.82) is 0 Å². The maximum atomic E-state index is 12.5. The number of rotatable bonds is 3. The molecule has 0 unspecified atom stereocenters. The van der Waals surface area contributed by atoms with Gasteiger partial charge in [-0.2, -0.15) is 0 Å². The van der Waals surface area contributed by atoms with Crippen molar-refractivity contribution < 1.29 is 9.72 Å². The van der Waals surface area contributed by atoms with Crippen molar-refractivity contribution in [3.05, 3.63) is 68.5 Å². The van der Waals surface area contributed by atoms with E-state index in [1.807, 2.05) is 30.3 Å². The Hall–Kier alpha value is -2.48. The Morgan fingerprint density at radius 3 is 2.68 bits per heavy atom. The molecule has 0 radical (unpaired) electrons. The number of anilines is 1. The van der Waals surface area contributed by atoms with E-state index in [2.05, 4.69) is 5.32 Å². The average Bonchev–Trinajstić information content (AvgIpc) is 3.14. The number of carbonyl (C=O) groups is 1. The minimum Gasteiger partial charge on any atom is -0.316 e. The lowest BCUT2D eigenvalue weighted by molar-refractivity contribution is -0.383. The summed E-state index contributed by atoms with van der Waals surface area (Å²) in [5.41, 5.74) is -0.106. The summed E-state index contributed by atoms with van der Waals surface area (Å²) < 4.78 is 3.25. The van der Waals surface area contributed by atoms with E-state index >= 15 is 0 Å². The summed E-state index contributed by atoms with van der Waals surface area (Å²) in [7, 11) is 0. The largest absolute Gasteiger partial charge is 0.316 e. The Bertz CT molecular complexity index is 1150. The molecule has 1 N–H and O–H groups in total. The first-order valence-corrected chi connectivity index (χ1v) is 9.20. The molecule has 4 aromatic rings. The number of benzene rings is 2. The van der Waals surface area contributed by atoms with Gasteiger partial charge in [-0.1, -0.05) is 29.8 Å². The van der Waals surface area contributed by atoms with E-state index in [1.54, 1.807) is 11.3 Å². The monoisotopic (exact) mass is 388 g/mol. The molecule has 1 amide bonds. The number of hydrogen-bond donors (Lipinski definition) is 1. The highest BCUT2D eigenvalue weighted by Crippen LogP contribution is 2.39. The molecule has 8 heteroatoms. The highest BCUT2D eigenvalue weighted by molar-refractivity contribution is 7.33. The van der Waals surface area contributed by atoms with Crippen LogP contribution in [0.25, 0.3) is 19.5 Å². The van der Waals surface area contributed by atoms with Crippen LogP contribution in [0.4, 0.5) is 11.4 Å². The van der Waals surface area contributed by atoms with Crippen LogP contribution in [0.1, 0.15) is 9.67 Å². The van der Waals surface area contributed by atoms with Gasteiger partial charge in [0.1, 0.15) is 5.69 Å². The zero-order valence-electron chi connectivity index (χ0n) is 12.5. The number of nitrogens with zero attached hydrogens (tertiary/aromatic N) is 1. The van der Waals surface area contributed by atoms with Gasteiger partial charge in [0, 0.05) is 25.9 Å². The van der Waals surface area contributed by atoms with E-state index in [0.717, 1.165) is 14.8 Å². The van der Waals surface area contributed by atoms with Crippen molar-refractivity contribution in [1.82, 2.24) is 0 Å². The molecule has 2 aromatic carbocycles. The third-order valence-electron chi connectivity index (χ3n) is 3.68. The SMILES string of the molecule is O=C(Nc1ccc(Cl)cc1[N+](=O)[O-])c1cc2sc3ccccc3c2s1. The first-order chi connectivity index (χ1) is 12.0. The van der Waals surface area contributed by atoms with Crippen molar-refractivity contribution in [3.63, 3.8) is 0 Å². The van der Waals surface area contributed by atoms with Gasteiger partial charge in [-0.15, -0.1) is 22.7 Å². The zero-order valence-corrected chi connectivity index (χ0v) is 14.9. The van der Waals surface area contributed by atoms with Gasteiger partial charge in [-0.3, -0.25) is 14.9 Å². The van der Waals surface area contributed by atoms with Crippen molar-refractivity contribution in [3.8, 4) is 0 Å². The number of nitrogens with one attached hydrogen (secondary N) is 1. The second kappa shape index (κ2) is 6.11.